The van der Waals surface area contributed by atoms with Crippen molar-refractivity contribution in [3.8, 4) is 11.6 Å². The minimum absolute atomic E-state index is 0.0326. The Hall–Kier alpha value is -2.43. The van der Waals surface area contributed by atoms with Gasteiger partial charge in [0.1, 0.15) is 0 Å². The molecule has 5 nitrogen and oxygen atoms in total. The summed E-state index contributed by atoms with van der Waals surface area (Å²) in [6.45, 7) is 6.44. The van der Waals surface area contributed by atoms with Crippen LogP contribution in [0.5, 0.6) is 0 Å². The molecule has 0 bridgehead atoms. The lowest BCUT2D eigenvalue weighted by Gasteiger charge is -2.14. The van der Waals surface area contributed by atoms with Crippen molar-refractivity contribution in [1.29, 1.82) is 0 Å². The predicted octanol–water partition coefficient (Wildman–Crippen LogP) is 2.75. The Bertz CT molecular complexity index is 704. The molecule has 5 heteroatoms. The third-order valence-electron chi connectivity index (χ3n) is 3.05. The first-order valence-corrected chi connectivity index (χ1v) is 6.58. The van der Waals surface area contributed by atoms with Crippen LogP contribution in [0.1, 0.15) is 26.5 Å². The van der Waals surface area contributed by atoms with Crippen molar-refractivity contribution >= 4 is 0 Å². The smallest absolute Gasteiger partial charge is 0.155 e. The van der Waals surface area contributed by atoms with E-state index in [1.54, 1.807) is 15.6 Å². The number of hydrogen-bond acceptors (Lipinski definition) is 3. The van der Waals surface area contributed by atoms with Gasteiger partial charge in [0, 0.05) is 24.0 Å². The van der Waals surface area contributed by atoms with Gasteiger partial charge in [0.2, 0.25) is 0 Å². The molecule has 0 radical (unpaired) electrons. The van der Waals surface area contributed by atoms with Crippen molar-refractivity contribution in [3.63, 3.8) is 0 Å². The fourth-order valence-electron chi connectivity index (χ4n) is 1.92. The predicted molar refractivity (Wildman–Crippen MR) is 77.2 cm³/mol. The summed E-state index contributed by atoms with van der Waals surface area (Å²) in [5.74, 6) is 1.56. The van der Waals surface area contributed by atoms with Crippen molar-refractivity contribution < 1.29 is 0 Å². The van der Waals surface area contributed by atoms with Crippen molar-refractivity contribution in [2.75, 3.05) is 0 Å². The summed E-state index contributed by atoms with van der Waals surface area (Å²) in [6, 6.07) is 9.72. The minimum Gasteiger partial charge on any atom is -0.223 e. The number of nitrogens with zero attached hydrogens (tertiary/aromatic N) is 5. The third-order valence-corrected chi connectivity index (χ3v) is 3.05. The van der Waals surface area contributed by atoms with Gasteiger partial charge in [-0.3, -0.25) is 0 Å². The lowest BCUT2D eigenvalue weighted by atomic mass is 9.93. The van der Waals surface area contributed by atoms with E-state index in [9.17, 15) is 0 Å². The second-order valence-corrected chi connectivity index (χ2v) is 5.70. The van der Waals surface area contributed by atoms with E-state index >= 15 is 0 Å². The summed E-state index contributed by atoms with van der Waals surface area (Å²) in [5, 5.41) is 8.79. The molecule has 3 heterocycles. The first kappa shape index (κ1) is 12.6. The van der Waals surface area contributed by atoms with Crippen molar-refractivity contribution in [3.05, 3.63) is 54.6 Å². The van der Waals surface area contributed by atoms with E-state index in [1.807, 2.05) is 42.7 Å². The first-order valence-electron chi connectivity index (χ1n) is 6.58. The van der Waals surface area contributed by atoms with Gasteiger partial charge in [-0.15, -0.1) is 0 Å². The topological polar surface area (TPSA) is 48.5 Å². The Morgan fingerprint density at radius 3 is 2.25 bits per heavy atom. The molecule has 0 fully saturated rings. The molecular weight excluding hydrogens is 250 g/mol. The summed E-state index contributed by atoms with van der Waals surface area (Å²) in [5.41, 5.74) is 1.08. The molecule has 0 N–H and O–H groups in total. The van der Waals surface area contributed by atoms with Gasteiger partial charge in [-0.1, -0.05) is 26.8 Å². The second kappa shape index (κ2) is 4.59. The van der Waals surface area contributed by atoms with Gasteiger partial charge in [0.05, 0.1) is 5.69 Å². The van der Waals surface area contributed by atoms with Crippen LogP contribution in [-0.2, 0) is 5.41 Å². The van der Waals surface area contributed by atoms with Crippen molar-refractivity contribution in [2.45, 2.75) is 26.2 Å². The Labute approximate surface area is 117 Å². The molecule has 0 aliphatic rings. The molecule has 3 aromatic heterocycles. The molecule has 0 aliphatic carbocycles. The summed E-state index contributed by atoms with van der Waals surface area (Å²) in [4.78, 5) is 4.58. The zero-order valence-electron chi connectivity index (χ0n) is 11.9. The van der Waals surface area contributed by atoms with Crippen LogP contribution in [0, 0.1) is 0 Å². The lowest BCUT2D eigenvalue weighted by molar-refractivity contribution is 0.559. The highest BCUT2D eigenvalue weighted by atomic mass is 15.3. The Balaban J connectivity index is 1.99. The second-order valence-electron chi connectivity index (χ2n) is 5.70. The molecule has 0 spiro atoms. The monoisotopic (exact) mass is 267 g/mol. The molecule has 0 aliphatic heterocycles. The molecule has 0 saturated heterocycles. The Morgan fingerprint density at radius 2 is 1.65 bits per heavy atom. The summed E-state index contributed by atoms with van der Waals surface area (Å²) in [7, 11) is 0. The van der Waals surface area contributed by atoms with E-state index in [0.717, 1.165) is 17.3 Å². The molecule has 0 amide bonds. The van der Waals surface area contributed by atoms with Crippen LogP contribution in [0.4, 0.5) is 0 Å². The summed E-state index contributed by atoms with van der Waals surface area (Å²) in [6.07, 6.45) is 5.55. The lowest BCUT2D eigenvalue weighted by Crippen LogP contribution is -2.13. The van der Waals surface area contributed by atoms with Crippen molar-refractivity contribution in [2.24, 2.45) is 0 Å². The third kappa shape index (κ3) is 2.34. The maximum Gasteiger partial charge on any atom is 0.155 e. The maximum atomic E-state index is 4.60. The fraction of sp³-hybridized carbons (Fsp3) is 0.267. The molecule has 3 aromatic rings. The molecule has 0 atom stereocenters. The van der Waals surface area contributed by atoms with Gasteiger partial charge in [0.15, 0.2) is 11.6 Å². The maximum absolute atomic E-state index is 4.60. The van der Waals surface area contributed by atoms with Crippen LogP contribution in [0.25, 0.3) is 11.6 Å². The molecule has 0 saturated carbocycles. The van der Waals surface area contributed by atoms with Crippen LogP contribution in [-0.4, -0.2) is 24.5 Å². The van der Waals surface area contributed by atoms with E-state index in [-0.39, 0.29) is 5.41 Å². The normalized spacial score (nSPS) is 11.8. The van der Waals surface area contributed by atoms with Gasteiger partial charge in [-0.25, -0.2) is 14.3 Å². The Kier molecular flexibility index (Phi) is 2.89. The number of pyridine rings is 1. The molecule has 3 rings (SSSR count). The van der Waals surface area contributed by atoms with Gasteiger partial charge in [-0.2, -0.15) is 10.2 Å². The van der Waals surface area contributed by atoms with Gasteiger partial charge >= 0.3 is 0 Å². The van der Waals surface area contributed by atoms with Gasteiger partial charge in [0.25, 0.3) is 0 Å². The average molecular weight is 267 g/mol. The SMILES string of the molecule is CC(C)(C)c1ccn(-c2cccc(-n3cccn3)n2)n1. The van der Waals surface area contributed by atoms with Gasteiger partial charge in [-0.05, 0) is 24.3 Å². The van der Waals surface area contributed by atoms with E-state index in [0.29, 0.717) is 0 Å². The zero-order valence-corrected chi connectivity index (χ0v) is 11.9. The van der Waals surface area contributed by atoms with E-state index < -0.39 is 0 Å². The molecule has 0 unspecified atom stereocenters. The summed E-state index contributed by atoms with van der Waals surface area (Å²) < 4.78 is 3.53. The molecule has 102 valence electrons. The van der Waals surface area contributed by atoms with E-state index in [2.05, 4.69) is 36.0 Å². The van der Waals surface area contributed by atoms with E-state index in [1.165, 1.54) is 0 Å². The molecular formula is C15H17N5. The first-order chi connectivity index (χ1) is 9.54. The number of rotatable bonds is 2. The fourth-order valence-corrected chi connectivity index (χ4v) is 1.92. The quantitative estimate of drug-likeness (QED) is 0.717. The highest BCUT2D eigenvalue weighted by molar-refractivity contribution is 5.31. The Morgan fingerprint density at radius 1 is 0.900 bits per heavy atom. The highest BCUT2D eigenvalue weighted by Gasteiger charge is 2.17. The van der Waals surface area contributed by atoms with Crippen LogP contribution < -0.4 is 0 Å². The number of aromatic nitrogens is 5. The van der Waals surface area contributed by atoms with Crippen LogP contribution in [0.2, 0.25) is 0 Å². The molecule has 0 aromatic carbocycles. The van der Waals surface area contributed by atoms with Crippen LogP contribution in [0.3, 0.4) is 0 Å². The average Bonchev–Trinajstić information content (AvgIpc) is 3.10. The minimum atomic E-state index is 0.0326. The summed E-state index contributed by atoms with van der Waals surface area (Å²) >= 11 is 0. The molecule has 20 heavy (non-hydrogen) atoms. The van der Waals surface area contributed by atoms with E-state index in [4.69, 9.17) is 0 Å². The van der Waals surface area contributed by atoms with Crippen LogP contribution in [0.15, 0.2) is 48.9 Å². The zero-order chi connectivity index (χ0) is 14.2. The van der Waals surface area contributed by atoms with Crippen molar-refractivity contribution in [1.82, 2.24) is 24.5 Å². The highest BCUT2D eigenvalue weighted by Crippen LogP contribution is 2.20. The van der Waals surface area contributed by atoms with Gasteiger partial charge < -0.3 is 0 Å². The number of hydrogen-bond donors (Lipinski definition) is 0. The van der Waals surface area contributed by atoms with Crippen LogP contribution >= 0.6 is 0 Å². The largest absolute Gasteiger partial charge is 0.223 e. The standard InChI is InChI=1S/C15H17N5/c1-15(2,3)12-8-11-20(18-12)14-7-4-6-13(17-14)19-10-5-9-16-19/h4-11H,1-3H3.